The van der Waals surface area contributed by atoms with Crippen molar-refractivity contribution in [3.8, 4) is 0 Å². The van der Waals surface area contributed by atoms with E-state index in [1.807, 2.05) is 0 Å². The zero-order valence-electron chi connectivity index (χ0n) is 7.39. The van der Waals surface area contributed by atoms with Gasteiger partial charge in [0, 0.05) is 56.3 Å². The second-order valence-corrected chi connectivity index (χ2v) is 5.28. The summed E-state index contributed by atoms with van der Waals surface area (Å²) in [6.07, 6.45) is 0. The van der Waals surface area contributed by atoms with E-state index < -0.39 is 7.86 Å². The van der Waals surface area contributed by atoms with Gasteiger partial charge in [-0.15, -0.1) is 48.0 Å². The molecule has 0 saturated carbocycles. The van der Waals surface area contributed by atoms with E-state index in [2.05, 4.69) is 0 Å². The molecule has 0 aromatic heterocycles. The van der Waals surface area contributed by atoms with Gasteiger partial charge in [0.15, 0.2) is 0 Å². The lowest BCUT2D eigenvalue weighted by molar-refractivity contribution is 0.123. The van der Waals surface area contributed by atoms with Crippen LogP contribution in [0.4, 0.5) is 17.6 Å². The highest BCUT2D eigenvalue weighted by molar-refractivity contribution is 14.1. The molecule has 94 valence electrons. The van der Waals surface area contributed by atoms with Gasteiger partial charge in [0.1, 0.15) is 0 Å². The molecule has 0 aliphatic heterocycles. The highest BCUT2D eigenvalue weighted by Crippen LogP contribution is 2.38. The van der Waals surface area contributed by atoms with Crippen molar-refractivity contribution in [1.82, 2.24) is 0 Å². The number of alkyl halides is 6. The predicted octanol–water partition coefficient (Wildman–Crippen LogP) is 5.89. The molecule has 0 unspecified atom stereocenters. The van der Waals surface area contributed by atoms with Crippen LogP contribution in [0.2, 0.25) is 0 Å². The van der Waals surface area contributed by atoms with Crippen molar-refractivity contribution in [2.24, 2.45) is 0 Å². The van der Waals surface area contributed by atoms with Gasteiger partial charge in [-0.1, -0.05) is 24.3 Å². The molecule has 0 nitrogen and oxygen atoms in total. The van der Waals surface area contributed by atoms with Crippen LogP contribution in [0.25, 0.3) is 0 Å². The quantitative estimate of drug-likeness (QED) is 0.207. The summed E-state index contributed by atoms with van der Waals surface area (Å²) in [7, 11) is 0. The Morgan fingerprint density at radius 3 is 1.00 bits per heavy atom. The number of benzene rings is 1. The molecule has 0 saturated heterocycles. The molecule has 8 heteroatoms. The molecule has 0 fully saturated rings. The third-order valence-corrected chi connectivity index (χ3v) is 2.79. The second kappa shape index (κ2) is 7.45. The molecule has 0 atom stereocenters. The van der Waals surface area contributed by atoms with Gasteiger partial charge in [-0.25, -0.2) is 0 Å². The minimum atomic E-state index is -3.02. The van der Waals surface area contributed by atoms with Crippen molar-refractivity contribution in [1.29, 1.82) is 0 Å². The van der Waals surface area contributed by atoms with Gasteiger partial charge in [-0.2, -0.15) is 17.6 Å². The van der Waals surface area contributed by atoms with E-state index in [0.717, 1.165) is 69.4 Å². The van der Waals surface area contributed by atoms with E-state index in [-0.39, 0.29) is 59.1 Å². The summed E-state index contributed by atoms with van der Waals surface area (Å²) in [5.41, 5.74) is -0.551. The van der Waals surface area contributed by atoms with E-state index in [0.29, 0.717) is 0 Å². The molecular formula is C8H6F4I4. The lowest BCUT2D eigenvalue weighted by atomic mass is 10.1. The lowest BCUT2D eigenvalue weighted by Gasteiger charge is -2.11. The summed E-state index contributed by atoms with van der Waals surface area (Å²) >= 11 is 1.90. The average Bonchev–Trinajstić information content (AvgIpc) is 2.01. The van der Waals surface area contributed by atoms with Gasteiger partial charge in [0.2, 0.25) is 0 Å². The molecule has 0 spiro atoms. The summed E-state index contributed by atoms with van der Waals surface area (Å²) in [6.45, 7) is 0. The van der Waals surface area contributed by atoms with E-state index in [1.165, 1.54) is 0 Å². The highest BCUT2D eigenvalue weighted by atomic mass is 127. The normalized spacial score (nSPS) is 11.4. The largest absolute Gasteiger partial charge is 0.321 e. The van der Waals surface area contributed by atoms with Crippen LogP contribution >= 0.6 is 93.1 Å². The Kier molecular flexibility index (Phi) is 9.40. The van der Waals surface area contributed by atoms with Gasteiger partial charge in [0.25, 0.3) is 0 Å². The molecule has 16 heavy (non-hydrogen) atoms. The van der Waals surface area contributed by atoms with Crippen LogP contribution in [0.15, 0.2) is 24.3 Å². The monoisotopic (exact) mass is 686 g/mol. The lowest BCUT2D eigenvalue weighted by Crippen LogP contribution is -2.05. The van der Waals surface area contributed by atoms with Crippen molar-refractivity contribution in [2.45, 2.75) is 7.86 Å². The standard InChI is InChI=1S/C8H4F4I2.2HI/c9-7(10,13)5-1-2-6(4-3-5)8(11,12)14;;/h1-4H;2*1H. The summed E-state index contributed by atoms with van der Waals surface area (Å²) in [5.74, 6) is 0. The first kappa shape index (κ1) is 20.2. The van der Waals surface area contributed by atoms with Gasteiger partial charge >= 0.3 is 7.86 Å². The Bertz CT molecular complexity index is 281. The van der Waals surface area contributed by atoms with Gasteiger partial charge in [-0.05, 0) is 0 Å². The van der Waals surface area contributed by atoms with Crippen LogP contribution in [-0.2, 0) is 7.86 Å². The number of hydrogen-bond donors (Lipinski definition) is 0. The van der Waals surface area contributed by atoms with Crippen LogP contribution in [0.5, 0.6) is 0 Å². The maximum Gasteiger partial charge on any atom is 0.321 e. The van der Waals surface area contributed by atoms with Crippen LogP contribution in [-0.4, -0.2) is 0 Å². The minimum Gasteiger partial charge on any atom is -0.189 e. The van der Waals surface area contributed by atoms with Gasteiger partial charge in [0.05, 0.1) is 0 Å². The smallest absolute Gasteiger partial charge is 0.189 e. The fourth-order valence-corrected chi connectivity index (χ4v) is 1.57. The maximum absolute atomic E-state index is 12.7. The Hall–Kier alpha value is 1.86. The Balaban J connectivity index is 0. The molecule has 0 N–H and O–H groups in total. The van der Waals surface area contributed by atoms with Crippen LogP contribution in [0.1, 0.15) is 11.1 Å². The average molecular weight is 686 g/mol. The first-order valence-electron chi connectivity index (χ1n) is 3.46. The molecule has 1 rings (SSSR count). The predicted molar refractivity (Wildman–Crippen MR) is 93.1 cm³/mol. The van der Waals surface area contributed by atoms with Gasteiger partial charge < -0.3 is 0 Å². The van der Waals surface area contributed by atoms with E-state index >= 15 is 0 Å². The first-order chi connectivity index (χ1) is 6.21. The molecule has 0 bridgehead atoms. The topological polar surface area (TPSA) is 0 Å². The molecule has 0 amide bonds. The zero-order valence-corrected chi connectivity index (χ0v) is 16.4. The van der Waals surface area contributed by atoms with Crippen LogP contribution < -0.4 is 0 Å². The molecule has 0 aliphatic carbocycles. The van der Waals surface area contributed by atoms with E-state index in [4.69, 9.17) is 0 Å². The number of hydrogen-bond acceptors (Lipinski definition) is 0. The van der Waals surface area contributed by atoms with E-state index in [9.17, 15) is 17.6 Å². The fraction of sp³-hybridized carbons (Fsp3) is 0.250. The molecule has 0 radical (unpaired) electrons. The maximum atomic E-state index is 12.7. The third kappa shape index (κ3) is 6.15. The summed E-state index contributed by atoms with van der Waals surface area (Å²) in [4.78, 5) is 0. The Morgan fingerprint density at radius 1 is 0.688 bits per heavy atom. The van der Waals surface area contributed by atoms with Crippen LogP contribution in [0.3, 0.4) is 0 Å². The van der Waals surface area contributed by atoms with Crippen molar-refractivity contribution >= 4 is 93.1 Å². The summed E-state index contributed by atoms with van der Waals surface area (Å²) < 4.78 is 44.7. The molecule has 1 aromatic carbocycles. The molecule has 0 aliphatic rings. The summed E-state index contributed by atoms with van der Waals surface area (Å²) in [6, 6.07) is 4.03. The number of rotatable bonds is 2. The van der Waals surface area contributed by atoms with Gasteiger partial charge in [-0.3, -0.25) is 0 Å². The first-order valence-corrected chi connectivity index (χ1v) is 5.61. The van der Waals surface area contributed by atoms with Crippen molar-refractivity contribution in [2.75, 3.05) is 0 Å². The summed E-state index contributed by atoms with van der Waals surface area (Å²) in [5, 5.41) is 0. The minimum absolute atomic E-state index is 0. The zero-order chi connectivity index (χ0) is 11.0. The van der Waals surface area contributed by atoms with Crippen LogP contribution in [0, 0.1) is 0 Å². The van der Waals surface area contributed by atoms with E-state index in [1.54, 1.807) is 0 Å². The molecular weight excluding hydrogens is 680 g/mol. The fourth-order valence-electron chi connectivity index (χ4n) is 0.848. The second-order valence-electron chi connectivity index (χ2n) is 2.57. The molecule has 0 heterocycles. The Morgan fingerprint density at radius 2 is 0.875 bits per heavy atom. The third-order valence-electron chi connectivity index (χ3n) is 1.54. The molecule has 1 aromatic rings. The highest BCUT2D eigenvalue weighted by Gasteiger charge is 2.30. The SMILES string of the molecule is FC(F)(I)c1ccc(C(F)(F)I)cc1.I.I. The Labute approximate surface area is 152 Å². The van der Waals surface area contributed by atoms with Crippen molar-refractivity contribution < 1.29 is 17.6 Å². The number of halogens is 8. The van der Waals surface area contributed by atoms with Crippen molar-refractivity contribution in [3.05, 3.63) is 35.4 Å². The van der Waals surface area contributed by atoms with Crippen molar-refractivity contribution in [3.63, 3.8) is 0 Å².